The maximum atomic E-state index is 12.1. The van der Waals surface area contributed by atoms with Crippen LogP contribution in [-0.2, 0) is 4.79 Å². The van der Waals surface area contributed by atoms with Gasteiger partial charge in [0.25, 0.3) is 0 Å². The van der Waals surface area contributed by atoms with Gasteiger partial charge in [0.15, 0.2) is 0 Å². The summed E-state index contributed by atoms with van der Waals surface area (Å²) in [5.41, 5.74) is 6.84. The Morgan fingerprint density at radius 3 is 2.85 bits per heavy atom. The van der Waals surface area contributed by atoms with E-state index in [0.717, 1.165) is 6.42 Å². The van der Waals surface area contributed by atoms with Crippen LogP contribution in [0.15, 0.2) is 42.5 Å². The first-order chi connectivity index (χ1) is 9.70. The number of rotatable bonds is 4. The number of fused-ring (bicyclic) bond motifs is 1. The monoisotopic (exact) mass is 268 g/mol. The average molecular weight is 268 g/mol. The van der Waals surface area contributed by atoms with Crippen molar-refractivity contribution < 1.29 is 4.79 Å². The fourth-order valence-corrected chi connectivity index (χ4v) is 2.81. The topological polar surface area (TPSA) is 55.1 Å². The molecule has 0 radical (unpaired) electrons. The zero-order valence-corrected chi connectivity index (χ0v) is 11.7. The van der Waals surface area contributed by atoms with Crippen molar-refractivity contribution >= 4 is 16.7 Å². The van der Waals surface area contributed by atoms with Gasteiger partial charge >= 0.3 is 0 Å². The number of benzene rings is 2. The lowest BCUT2D eigenvalue weighted by atomic mass is 10.00. The molecule has 1 amide bonds. The Labute approximate surface area is 119 Å². The Morgan fingerprint density at radius 1 is 1.30 bits per heavy atom. The van der Waals surface area contributed by atoms with E-state index in [2.05, 4.69) is 41.7 Å². The van der Waals surface area contributed by atoms with E-state index in [9.17, 15) is 4.79 Å². The van der Waals surface area contributed by atoms with E-state index >= 15 is 0 Å². The predicted octanol–water partition coefficient (Wildman–Crippen LogP) is 2.41. The Morgan fingerprint density at radius 2 is 2.05 bits per heavy atom. The maximum Gasteiger partial charge on any atom is 0.224 e. The van der Waals surface area contributed by atoms with Crippen molar-refractivity contribution in [2.24, 2.45) is 11.7 Å². The van der Waals surface area contributed by atoms with Crippen molar-refractivity contribution in [2.75, 3.05) is 6.54 Å². The molecule has 0 heterocycles. The van der Waals surface area contributed by atoms with Crippen LogP contribution in [0.4, 0.5) is 0 Å². The summed E-state index contributed by atoms with van der Waals surface area (Å²) < 4.78 is 0. The van der Waals surface area contributed by atoms with Gasteiger partial charge in [0.2, 0.25) is 5.91 Å². The number of nitrogens with two attached hydrogens (primary N) is 1. The lowest BCUT2D eigenvalue weighted by Crippen LogP contribution is -2.38. The van der Waals surface area contributed by atoms with Crippen molar-refractivity contribution in [1.29, 1.82) is 0 Å². The second kappa shape index (κ2) is 5.25. The first-order valence-electron chi connectivity index (χ1n) is 7.19. The number of hydrogen-bond acceptors (Lipinski definition) is 2. The van der Waals surface area contributed by atoms with E-state index in [4.69, 9.17) is 5.73 Å². The molecule has 20 heavy (non-hydrogen) atoms. The third-order valence-electron chi connectivity index (χ3n) is 4.09. The molecule has 3 rings (SSSR count). The third kappa shape index (κ3) is 2.41. The molecule has 2 unspecified atom stereocenters. The van der Waals surface area contributed by atoms with E-state index in [1.807, 2.05) is 13.0 Å². The van der Waals surface area contributed by atoms with Gasteiger partial charge in [-0.3, -0.25) is 4.79 Å². The van der Waals surface area contributed by atoms with Gasteiger partial charge in [-0.25, -0.2) is 0 Å². The van der Waals surface area contributed by atoms with Gasteiger partial charge < -0.3 is 11.1 Å². The highest BCUT2D eigenvalue weighted by Crippen LogP contribution is 2.49. The predicted molar refractivity (Wildman–Crippen MR) is 81.5 cm³/mol. The van der Waals surface area contributed by atoms with Crippen LogP contribution in [0.2, 0.25) is 0 Å². The molecule has 1 aliphatic carbocycles. The molecule has 0 spiro atoms. The van der Waals surface area contributed by atoms with E-state index < -0.39 is 0 Å². The van der Waals surface area contributed by atoms with Crippen LogP contribution in [0.1, 0.15) is 24.8 Å². The summed E-state index contributed by atoms with van der Waals surface area (Å²) in [6.07, 6.45) is 0.942. The van der Waals surface area contributed by atoms with E-state index in [0.29, 0.717) is 12.5 Å². The summed E-state index contributed by atoms with van der Waals surface area (Å²) in [6.45, 7) is 2.42. The summed E-state index contributed by atoms with van der Waals surface area (Å²) in [7, 11) is 0. The third-order valence-corrected chi connectivity index (χ3v) is 4.09. The summed E-state index contributed by atoms with van der Waals surface area (Å²) in [5, 5.41) is 5.48. The smallest absolute Gasteiger partial charge is 0.224 e. The normalized spacial score (nSPS) is 22.5. The summed E-state index contributed by atoms with van der Waals surface area (Å²) in [6, 6.07) is 14.8. The van der Waals surface area contributed by atoms with Gasteiger partial charge in [-0.05, 0) is 35.6 Å². The van der Waals surface area contributed by atoms with Crippen LogP contribution in [0, 0.1) is 5.92 Å². The number of carbonyl (C=O) groups is 1. The maximum absolute atomic E-state index is 12.1. The minimum atomic E-state index is 0.0521. The lowest BCUT2D eigenvalue weighted by molar-refractivity contribution is -0.122. The van der Waals surface area contributed by atoms with Crippen LogP contribution >= 0.6 is 0 Å². The van der Waals surface area contributed by atoms with Crippen LogP contribution in [0.3, 0.4) is 0 Å². The standard InChI is InChI=1S/C17H20N2O/c1-11(10-18)19-17(20)16-9-15(16)14-8-4-6-12-5-2-3-7-13(12)14/h2-8,11,15-16H,9-10,18H2,1H3,(H,19,20)/t11-,15?,16?/m0/s1. The van der Waals surface area contributed by atoms with Crippen LogP contribution in [-0.4, -0.2) is 18.5 Å². The molecule has 3 N–H and O–H groups in total. The Kier molecular flexibility index (Phi) is 3.45. The van der Waals surface area contributed by atoms with E-state index in [-0.39, 0.29) is 17.9 Å². The number of carbonyl (C=O) groups excluding carboxylic acids is 1. The van der Waals surface area contributed by atoms with E-state index in [1.54, 1.807) is 0 Å². The summed E-state index contributed by atoms with van der Waals surface area (Å²) >= 11 is 0. The molecule has 3 heteroatoms. The molecule has 104 valence electrons. The van der Waals surface area contributed by atoms with E-state index in [1.165, 1.54) is 16.3 Å². The molecular formula is C17H20N2O. The van der Waals surface area contributed by atoms with Gasteiger partial charge in [0.05, 0.1) is 0 Å². The minimum absolute atomic E-state index is 0.0521. The molecule has 3 atom stereocenters. The molecule has 2 aromatic rings. The summed E-state index contributed by atoms with van der Waals surface area (Å²) in [5.74, 6) is 0.599. The highest BCUT2D eigenvalue weighted by Gasteiger charge is 2.44. The Hall–Kier alpha value is -1.87. The average Bonchev–Trinajstić information content (AvgIpc) is 3.27. The van der Waals surface area contributed by atoms with Crippen LogP contribution < -0.4 is 11.1 Å². The SMILES string of the molecule is C[C@@H](CN)NC(=O)C1CC1c1cccc2ccccc12. The highest BCUT2D eigenvalue weighted by atomic mass is 16.2. The molecule has 0 aromatic heterocycles. The van der Waals surface area contributed by atoms with Gasteiger partial charge in [-0.1, -0.05) is 42.5 Å². The molecular weight excluding hydrogens is 248 g/mol. The number of nitrogens with one attached hydrogen (secondary N) is 1. The second-order valence-corrected chi connectivity index (χ2v) is 5.66. The molecule has 0 bridgehead atoms. The summed E-state index contributed by atoms with van der Waals surface area (Å²) in [4.78, 5) is 12.1. The van der Waals surface area contributed by atoms with Crippen molar-refractivity contribution in [2.45, 2.75) is 25.3 Å². The van der Waals surface area contributed by atoms with Crippen LogP contribution in [0.25, 0.3) is 10.8 Å². The number of hydrogen-bond donors (Lipinski definition) is 2. The van der Waals surface area contributed by atoms with Crippen molar-refractivity contribution in [3.05, 3.63) is 48.0 Å². The highest BCUT2D eigenvalue weighted by molar-refractivity contribution is 5.89. The van der Waals surface area contributed by atoms with Gasteiger partial charge in [0.1, 0.15) is 0 Å². The van der Waals surface area contributed by atoms with Gasteiger partial charge in [-0.2, -0.15) is 0 Å². The largest absolute Gasteiger partial charge is 0.352 e. The Bertz CT molecular complexity index is 632. The van der Waals surface area contributed by atoms with Crippen molar-refractivity contribution in [3.63, 3.8) is 0 Å². The first-order valence-corrected chi connectivity index (χ1v) is 7.19. The molecule has 3 nitrogen and oxygen atoms in total. The fraction of sp³-hybridized carbons (Fsp3) is 0.353. The fourth-order valence-electron chi connectivity index (χ4n) is 2.81. The first kappa shape index (κ1) is 13.1. The lowest BCUT2D eigenvalue weighted by Gasteiger charge is -2.11. The Balaban J connectivity index is 1.80. The molecule has 1 saturated carbocycles. The van der Waals surface area contributed by atoms with Crippen molar-refractivity contribution in [3.8, 4) is 0 Å². The zero-order valence-electron chi connectivity index (χ0n) is 11.7. The van der Waals surface area contributed by atoms with Gasteiger partial charge in [-0.15, -0.1) is 0 Å². The minimum Gasteiger partial charge on any atom is -0.352 e. The molecule has 0 aliphatic heterocycles. The molecule has 1 aliphatic rings. The van der Waals surface area contributed by atoms with Crippen molar-refractivity contribution in [1.82, 2.24) is 5.32 Å². The number of amides is 1. The zero-order chi connectivity index (χ0) is 14.1. The molecule has 2 aromatic carbocycles. The molecule has 1 fully saturated rings. The van der Waals surface area contributed by atoms with Crippen LogP contribution in [0.5, 0.6) is 0 Å². The quantitative estimate of drug-likeness (QED) is 0.894. The molecule has 0 saturated heterocycles. The second-order valence-electron chi connectivity index (χ2n) is 5.66. The van der Waals surface area contributed by atoms with Gasteiger partial charge in [0, 0.05) is 18.5 Å².